The van der Waals surface area contributed by atoms with Gasteiger partial charge in [0.2, 0.25) is 0 Å². The molecule has 1 aliphatic heterocycles. The lowest BCUT2D eigenvalue weighted by Crippen LogP contribution is -2.27. The van der Waals surface area contributed by atoms with Crippen LogP contribution >= 0.6 is 15.9 Å². The number of benzene rings is 1. The number of halogens is 1. The van der Waals surface area contributed by atoms with Crippen LogP contribution in [0.4, 0.5) is 5.69 Å². The van der Waals surface area contributed by atoms with Gasteiger partial charge in [0.1, 0.15) is 0 Å². The van der Waals surface area contributed by atoms with Crippen LogP contribution in [0.3, 0.4) is 0 Å². The van der Waals surface area contributed by atoms with Gasteiger partial charge in [-0.05, 0) is 34.8 Å². The van der Waals surface area contributed by atoms with Crippen molar-refractivity contribution >= 4 is 27.5 Å². The Hall–Kier alpha value is -1.43. The normalized spacial score (nSPS) is 15.0. The van der Waals surface area contributed by atoms with Crippen LogP contribution in [0.1, 0.15) is 23.2 Å². The summed E-state index contributed by atoms with van der Waals surface area (Å²) >= 11 is 3.26. The highest BCUT2D eigenvalue weighted by atomic mass is 79.9. The van der Waals surface area contributed by atoms with Crippen molar-refractivity contribution in [3.63, 3.8) is 0 Å². The Bertz CT molecular complexity index is 470. The van der Waals surface area contributed by atoms with E-state index in [0.29, 0.717) is 10.0 Å². The van der Waals surface area contributed by atoms with E-state index in [-0.39, 0.29) is 11.6 Å². The van der Waals surface area contributed by atoms with Gasteiger partial charge in [0.15, 0.2) is 0 Å². The number of carbonyl (C=O) groups excluding carboxylic acids is 1. The number of nitro groups is 1. The minimum absolute atomic E-state index is 0.0595. The van der Waals surface area contributed by atoms with Gasteiger partial charge < -0.3 is 4.90 Å². The molecule has 17 heavy (non-hydrogen) atoms. The highest BCUT2D eigenvalue weighted by Crippen LogP contribution is 2.25. The summed E-state index contributed by atoms with van der Waals surface area (Å²) in [6, 6.07) is 4.25. The molecule has 0 radical (unpaired) electrons. The van der Waals surface area contributed by atoms with E-state index >= 15 is 0 Å². The summed E-state index contributed by atoms with van der Waals surface area (Å²) in [5.41, 5.74) is 0.303. The third-order valence-corrected chi connectivity index (χ3v) is 3.48. The van der Waals surface area contributed by atoms with Crippen molar-refractivity contribution in [3.8, 4) is 0 Å². The summed E-state index contributed by atoms with van der Waals surface area (Å²) in [6.07, 6.45) is 2.00. The van der Waals surface area contributed by atoms with Gasteiger partial charge in [0, 0.05) is 29.7 Å². The molecule has 1 aromatic carbocycles. The molecule has 1 amide bonds. The summed E-state index contributed by atoms with van der Waals surface area (Å²) in [6.45, 7) is 1.46. The first-order valence-electron chi connectivity index (χ1n) is 5.33. The van der Waals surface area contributed by atoms with E-state index in [0.717, 1.165) is 25.9 Å². The Morgan fingerprint density at radius 1 is 1.35 bits per heavy atom. The third-order valence-electron chi connectivity index (χ3n) is 2.78. The first kappa shape index (κ1) is 12.0. The van der Waals surface area contributed by atoms with Gasteiger partial charge in [-0.1, -0.05) is 0 Å². The molecule has 6 heteroatoms. The molecule has 0 unspecified atom stereocenters. The summed E-state index contributed by atoms with van der Waals surface area (Å²) in [5, 5.41) is 10.7. The maximum absolute atomic E-state index is 12.1. The zero-order valence-corrected chi connectivity index (χ0v) is 10.6. The second kappa shape index (κ2) is 4.83. The van der Waals surface area contributed by atoms with Crippen LogP contribution in [0, 0.1) is 10.1 Å². The largest absolute Gasteiger partial charge is 0.339 e. The monoisotopic (exact) mass is 298 g/mol. The highest BCUT2D eigenvalue weighted by molar-refractivity contribution is 9.10. The zero-order chi connectivity index (χ0) is 12.4. The van der Waals surface area contributed by atoms with Gasteiger partial charge in [-0.2, -0.15) is 0 Å². The molecule has 1 aromatic rings. The van der Waals surface area contributed by atoms with E-state index in [2.05, 4.69) is 15.9 Å². The fraction of sp³-hybridized carbons (Fsp3) is 0.364. The van der Waals surface area contributed by atoms with Crippen molar-refractivity contribution in [2.45, 2.75) is 12.8 Å². The Kier molecular flexibility index (Phi) is 3.42. The number of likely N-dealkylation sites (tertiary alicyclic amines) is 1. The van der Waals surface area contributed by atoms with Crippen molar-refractivity contribution < 1.29 is 9.72 Å². The first-order valence-corrected chi connectivity index (χ1v) is 6.12. The Morgan fingerprint density at radius 2 is 2.00 bits per heavy atom. The minimum atomic E-state index is -0.493. The number of nitrogens with zero attached hydrogens (tertiary/aromatic N) is 2. The predicted molar refractivity (Wildman–Crippen MR) is 65.9 cm³/mol. The standard InChI is InChI=1S/C11H11BrN2O3/c12-10-4-3-8(14(16)17)7-9(10)11(15)13-5-1-2-6-13/h3-4,7H,1-2,5-6H2. The smallest absolute Gasteiger partial charge is 0.270 e. The van der Waals surface area contributed by atoms with Crippen LogP contribution in [-0.4, -0.2) is 28.8 Å². The molecule has 0 N–H and O–H groups in total. The van der Waals surface area contributed by atoms with E-state index in [1.807, 2.05) is 0 Å². The topological polar surface area (TPSA) is 63.4 Å². The van der Waals surface area contributed by atoms with Crippen molar-refractivity contribution in [3.05, 3.63) is 38.3 Å². The Morgan fingerprint density at radius 3 is 2.59 bits per heavy atom. The average molecular weight is 299 g/mol. The Labute approximate surface area is 107 Å². The van der Waals surface area contributed by atoms with Crippen molar-refractivity contribution in [2.75, 3.05) is 13.1 Å². The van der Waals surface area contributed by atoms with Crippen LogP contribution in [0.25, 0.3) is 0 Å². The SMILES string of the molecule is O=C(c1cc([N+](=O)[O-])ccc1Br)N1CCCC1. The lowest BCUT2D eigenvalue weighted by Gasteiger charge is -2.15. The lowest BCUT2D eigenvalue weighted by molar-refractivity contribution is -0.384. The molecule has 0 spiro atoms. The van der Waals surface area contributed by atoms with Gasteiger partial charge in [-0.3, -0.25) is 14.9 Å². The molecule has 1 saturated heterocycles. The van der Waals surface area contributed by atoms with Crippen LogP contribution in [0.2, 0.25) is 0 Å². The number of amides is 1. The van der Waals surface area contributed by atoms with Gasteiger partial charge >= 0.3 is 0 Å². The third kappa shape index (κ3) is 2.46. The number of hydrogen-bond donors (Lipinski definition) is 0. The number of hydrogen-bond acceptors (Lipinski definition) is 3. The Balaban J connectivity index is 2.32. The molecule has 1 heterocycles. The number of non-ortho nitro benzene ring substituents is 1. The highest BCUT2D eigenvalue weighted by Gasteiger charge is 2.23. The van der Waals surface area contributed by atoms with E-state index in [1.165, 1.54) is 12.1 Å². The first-order chi connectivity index (χ1) is 8.09. The number of rotatable bonds is 2. The van der Waals surface area contributed by atoms with Crippen molar-refractivity contribution in [1.29, 1.82) is 0 Å². The minimum Gasteiger partial charge on any atom is -0.339 e. The molecule has 1 aliphatic rings. The molecule has 2 rings (SSSR count). The van der Waals surface area contributed by atoms with Gasteiger partial charge in [0.05, 0.1) is 10.5 Å². The van der Waals surface area contributed by atoms with Crippen LogP contribution < -0.4 is 0 Å². The van der Waals surface area contributed by atoms with E-state index in [4.69, 9.17) is 0 Å². The molecule has 0 aromatic heterocycles. The molecule has 1 fully saturated rings. The molecule has 0 bridgehead atoms. The van der Waals surface area contributed by atoms with E-state index in [1.54, 1.807) is 11.0 Å². The maximum Gasteiger partial charge on any atom is 0.270 e. The quantitative estimate of drug-likeness (QED) is 0.623. The second-order valence-electron chi connectivity index (χ2n) is 3.92. The summed E-state index contributed by atoms with van der Waals surface area (Å²) in [5.74, 6) is -0.141. The van der Waals surface area contributed by atoms with Gasteiger partial charge in [-0.15, -0.1) is 0 Å². The zero-order valence-electron chi connectivity index (χ0n) is 9.06. The van der Waals surface area contributed by atoms with Crippen molar-refractivity contribution in [1.82, 2.24) is 4.90 Å². The van der Waals surface area contributed by atoms with Gasteiger partial charge in [-0.25, -0.2) is 0 Å². The van der Waals surface area contributed by atoms with Crippen LogP contribution in [-0.2, 0) is 0 Å². The van der Waals surface area contributed by atoms with Crippen LogP contribution in [0.15, 0.2) is 22.7 Å². The fourth-order valence-electron chi connectivity index (χ4n) is 1.88. The average Bonchev–Trinajstić information content (AvgIpc) is 2.81. The summed E-state index contributed by atoms with van der Waals surface area (Å²) < 4.78 is 0.597. The summed E-state index contributed by atoms with van der Waals surface area (Å²) in [7, 11) is 0. The summed E-state index contributed by atoms with van der Waals surface area (Å²) in [4.78, 5) is 24.0. The number of carbonyl (C=O) groups is 1. The molecular weight excluding hydrogens is 288 g/mol. The van der Waals surface area contributed by atoms with E-state index < -0.39 is 4.92 Å². The maximum atomic E-state index is 12.1. The second-order valence-corrected chi connectivity index (χ2v) is 4.77. The van der Waals surface area contributed by atoms with E-state index in [9.17, 15) is 14.9 Å². The molecule has 0 saturated carbocycles. The van der Waals surface area contributed by atoms with Crippen molar-refractivity contribution in [2.24, 2.45) is 0 Å². The lowest BCUT2D eigenvalue weighted by atomic mass is 10.2. The molecule has 5 nitrogen and oxygen atoms in total. The molecule has 90 valence electrons. The van der Waals surface area contributed by atoms with Crippen LogP contribution in [0.5, 0.6) is 0 Å². The molecule has 0 atom stereocenters. The molecular formula is C11H11BrN2O3. The fourth-order valence-corrected chi connectivity index (χ4v) is 2.30. The van der Waals surface area contributed by atoms with Gasteiger partial charge in [0.25, 0.3) is 11.6 Å². The molecule has 0 aliphatic carbocycles. The number of nitro benzene ring substituents is 1. The predicted octanol–water partition coefficient (Wildman–Crippen LogP) is 2.59.